The van der Waals surface area contributed by atoms with Crippen molar-refractivity contribution >= 4 is 41.8 Å². The van der Waals surface area contributed by atoms with Crippen LogP contribution in [0.4, 0.5) is 0 Å². The number of carbonyl (C=O) groups excluding carboxylic acids is 2. The number of rotatable bonds is 3. The van der Waals surface area contributed by atoms with Gasteiger partial charge in [0.15, 0.2) is 5.96 Å². The molecule has 0 aromatic carbocycles. The summed E-state index contributed by atoms with van der Waals surface area (Å²) in [5.41, 5.74) is 5.92. The Morgan fingerprint density at radius 1 is 1.05 bits per heavy atom. The molecule has 2 rings (SSSR count). The highest BCUT2D eigenvalue weighted by Gasteiger charge is 2.25. The molecule has 0 aromatic rings. The molecule has 2 aliphatic heterocycles. The summed E-state index contributed by atoms with van der Waals surface area (Å²) in [6.45, 7) is 2.67. The fraction of sp³-hybridized carbons (Fsp3) is 0.769. The Balaban J connectivity index is 0.00000200. The number of nitrogens with two attached hydrogens (primary N) is 1. The van der Waals surface area contributed by atoms with Crippen LogP contribution in [-0.4, -0.2) is 53.8 Å². The summed E-state index contributed by atoms with van der Waals surface area (Å²) in [6.07, 6.45) is 5.17. The molecular weight excluding hydrogens is 371 g/mol. The highest BCUT2D eigenvalue weighted by atomic mass is 127. The summed E-state index contributed by atoms with van der Waals surface area (Å²) in [5.74, 6) is 0.377. The van der Waals surface area contributed by atoms with E-state index in [1.807, 2.05) is 0 Å². The molecule has 0 radical (unpaired) electrons. The van der Waals surface area contributed by atoms with Gasteiger partial charge in [0.05, 0.1) is 6.54 Å². The lowest BCUT2D eigenvalue weighted by Crippen LogP contribution is -2.43. The number of likely N-dealkylation sites (tertiary alicyclic amines) is 2. The molecule has 2 saturated heterocycles. The highest BCUT2D eigenvalue weighted by molar-refractivity contribution is 14.0. The lowest BCUT2D eigenvalue weighted by atomic mass is 10.1. The summed E-state index contributed by atoms with van der Waals surface area (Å²) in [4.78, 5) is 30.9. The third-order valence-electron chi connectivity index (χ3n) is 3.66. The normalized spacial score (nSPS) is 20.9. The van der Waals surface area contributed by atoms with E-state index in [4.69, 9.17) is 5.73 Å². The summed E-state index contributed by atoms with van der Waals surface area (Å²) in [5, 5.41) is 0. The molecule has 0 bridgehead atoms. The second-order valence-electron chi connectivity index (χ2n) is 5.08. The molecule has 0 aliphatic carbocycles. The largest absolute Gasteiger partial charge is 0.370 e. The van der Waals surface area contributed by atoms with Gasteiger partial charge in [-0.05, 0) is 25.7 Å². The number of halogens is 1. The molecule has 0 saturated carbocycles. The van der Waals surface area contributed by atoms with E-state index in [2.05, 4.69) is 9.89 Å². The van der Waals surface area contributed by atoms with E-state index in [0.29, 0.717) is 38.3 Å². The standard InChI is InChI=1S/C13H22N4O2.HI/c14-13(16-8-2-1-3-9-16)15-7-10-17-11(18)5-4-6-12(17)19;/h1-10H2,(H2,14,15);1H. The Bertz CT molecular complexity index is 365. The Morgan fingerprint density at radius 3 is 2.25 bits per heavy atom. The van der Waals surface area contributed by atoms with Crippen LogP contribution in [0.5, 0.6) is 0 Å². The van der Waals surface area contributed by atoms with Crippen molar-refractivity contribution in [3.05, 3.63) is 0 Å². The third kappa shape index (κ3) is 4.60. The van der Waals surface area contributed by atoms with Gasteiger partial charge in [-0.25, -0.2) is 0 Å². The highest BCUT2D eigenvalue weighted by Crippen LogP contribution is 2.12. The fourth-order valence-electron chi connectivity index (χ4n) is 2.54. The van der Waals surface area contributed by atoms with Gasteiger partial charge in [0.2, 0.25) is 11.8 Å². The molecular formula is C13H23IN4O2. The number of amides is 2. The number of hydrogen-bond donors (Lipinski definition) is 1. The zero-order valence-electron chi connectivity index (χ0n) is 11.7. The summed E-state index contributed by atoms with van der Waals surface area (Å²) in [6, 6.07) is 0. The summed E-state index contributed by atoms with van der Waals surface area (Å²) >= 11 is 0. The average Bonchev–Trinajstić information content (AvgIpc) is 2.43. The molecule has 7 heteroatoms. The second kappa shape index (κ2) is 8.43. The Hall–Kier alpha value is -0.860. The van der Waals surface area contributed by atoms with E-state index in [0.717, 1.165) is 25.9 Å². The molecule has 2 amide bonds. The van der Waals surface area contributed by atoms with Gasteiger partial charge in [-0.15, -0.1) is 24.0 Å². The van der Waals surface area contributed by atoms with Crippen molar-refractivity contribution < 1.29 is 9.59 Å². The first kappa shape index (κ1) is 17.2. The molecule has 0 atom stereocenters. The number of carbonyl (C=O) groups is 2. The molecule has 2 fully saturated rings. The average molecular weight is 394 g/mol. The molecule has 2 N–H and O–H groups in total. The maximum absolute atomic E-state index is 11.6. The van der Waals surface area contributed by atoms with Crippen molar-refractivity contribution in [1.29, 1.82) is 0 Å². The van der Waals surface area contributed by atoms with Crippen LogP contribution in [-0.2, 0) is 9.59 Å². The van der Waals surface area contributed by atoms with Crippen molar-refractivity contribution in [2.45, 2.75) is 38.5 Å². The van der Waals surface area contributed by atoms with Gasteiger partial charge in [-0.3, -0.25) is 19.5 Å². The number of nitrogens with zero attached hydrogens (tertiary/aromatic N) is 3. The monoisotopic (exact) mass is 394 g/mol. The van der Waals surface area contributed by atoms with Crippen LogP contribution >= 0.6 is 24.0 Å². The molecule has 0 spiro atoms. The maximum Gasteiger partial charge on any atom is 0.229 e. The van der Waals surface area contributed by atoms with Crippen molar-refractivity contribution in [3.8, 4) is 0 Å². The molecule has 0 unspecified atom stereocenters. The third-order valence-corrected chi connectivity index (χ3v) is 3.66. The van der Waals surface area contributed by atoms with E-state index >= 15 is 0 Å². The van der Waals surface area contributed by atoms with Gasteiger partial charge >= 0.3 is 0 Å². The van der Waals surface area contributed by atoms with Gasteiger partial charge < -0.3 is 10.6 Å². The molecule has 20 heavy (non-hydrogen) atoms. The van der Waals surface area contributed by atoms with Gasteiger partial charge in [-0.2, -0.15) is 0 Å². The molecule has 114 valence electrons. The van der Waals surface area contributed by atoms with E-state index in [-0.39, 0.29) is 35.8 Å². The van der Waals surface area contributed by atoms with Gasteiger partial charge in [-0.1, -0.05) is 0 Å². The molecule has 6 nitrogen and oxygen atoms in total. The van der Waals surface area contributed by atoms with Crippen LogP contribution in [0.2, 0.25) is 0 Å². The van der Waals surface area contributed by atoms with Crippen LogP contribution < -0.4 is 5.73 Å². The number of guanidine groups is 1. The van der Waals surface area contributed by atoms with Crippen LogP contribution in [0.3, 0.4) is 0 Å². The first-order chi connectivity index (χ1) is 9.18. The summed E-state index contributed by atoms with van der Waals surface area (Å²) in [7, 11) is 0. The van der Waals surface area contributed by atoms with Crippen molar-refractivity contribution in [2.75, 3.05) is 26.2 Å². The van der Waals surface area contributed by atoms with Gasteiger partial charge in [0.25, 0.3) is 0 Å². The van der Waals surface area contributed by atoms with E-state index in [1.54, 1.807) is 0 Å². The van der Waals surface area contributed by atoms with Crippen molar-refractivity contribution in [2.24, 2.45) is 10.7 Å². The molecule has 0 aromatic heterocycles. The molecule has 2 heterocycles. The predicted molar refractivity (Wildman–Crippen MR) is 87.9 cm³/mol. The summed E-state index contributed by atoms with van der Waals surface area (Å²) < 4.78 is 0. The van der Waals surface area contributed by atoms with E-state index < -0.39 is 0 Å². The van der Waals surface area contributed by atoms with Crippen LogP contribution in [0.1, 0.15) is 38.5 Å². The minimum Gasteiger partial charge on any atom is -0.370 e. The minimum absolute atomic E-state index is 0. The van der Waals surface area contributed by atoms with E-state index in [1.165, 1.54) is 11.3 Å². The lowest BCUT2D eigenvalue weighted by molar-refractivity contribution is -0.147. The van der Waals surface area contributed by atoms with Crippen LogP contribution in [0, 0.1) is 0 Å². The zero-order chi connectivity index (χ0) is 13.7. The number of piperidine rings is 2. The Labute approximate surface area is 136 Å². The maximum atomic E-state index is 11.6. The van der Waals surface area contributed by atoms with Crippen LogP contribution in [0.15, 0.2) is 4.99 Å². The van der Waals surface area contributed by atoms with E-state index in [9.17, 15) is 9.59 Å². The number of imide groups is 1. The number of aliphatic imine (C=N–C) groups is 1. The SMILES string of the molecule is I.NC(=NCCN1C(=O)CCCC1=O)N1CCCCC1. The van der Waals surface area contributed by atoms with Crippen molar-refractivity contribution in [3.63, 3.8) is 0 Å². The van der Waals surface area contributed by atoms with Gasteiger partial charge in [0, 0.05) is 32.5 Å². The van der Waals surface area contributed by atoms with Gasteiger partial charge in [0.1, 0.15) is 0 Å². The predicted octanol–water partition coefficient (Wildman–Crippen LogP) is 0.944. The molecule has 2 aliphatic rings. The van der Waals surface area contributed by atoms with Crippen LogP contribution in [0.25, 0.3) is 0 Å². The quantitative estimate of drug-likeness (QED) is 0.335. The topological polar surface area (TPSA) is 79.0 Å². The Morgan fingerprint density at radius 2 is 1.65 bits per heavy atom. The fourth-order valence-corrected chi connectivity index (χ4v) is 2.54. The second-order valence-corrected chi connectivity index (χ2v) is 5.08. The Kier molecular flexibility index (Phi) is 7.25. The zero-order valence-corrected chi connectivity index (χ0v) is 14.0. The minimum atomic E-state index is -0.0806. The lowest BCUT2D eigenvalue weighted by Gasteiger charge is -2.28. The number of hydrogen-bond acceptors (Lipinski definition) is 3. The smallest absolute Gasteiger partial charge is 0.229 e. The first-order valence-corrected chi connectivity index (χ1v) is 7.06. The first-order valence-electron chi connectivity index (χ1n) is 7.06. The van der Waals surface area contributed by atoms with Crippen molar-refractivity contribution in [1.82, 2.24) is 9.80 Å².